The predicted molar refractivity (Wildman–Crippen MR) is 66.4 cm³/mol. The molecule has 0 fully saturated rings. The fourth-order valence-corrected chi connectivity index (χ4v) is 1.72. The fourth-order valence-electron chi connectivity index (χ4n) is 1.59. The number of likely N-dealkylation sites (N-methyl/N-ethyl adjacent to an activating group) is 2. The van der Waals surface area contributed by atoms with Crippen LogP contribution < -0.4 is 5.32 Å². The van der Waals surface area contributed by atoms with Gasteiger partial charge in [-0.2, -0.15) is 0 Å². The van der Waals surface area contributed by atoms with E-state index in [4.69, 9.17) is 11.6 Å². The first kappa shape index (κ1) is 12.5. The molecule has 1 rings (SSSR count). The second kappa shape index (κ2) is 6.11. The van der Waals surface area contributed by atoms with Crippen molar-refractivity contribution in [1.29, 1.82) is 0 Å². The van der Waals surface area contributed by atoms with Crippen LogP contribution in [0.1, 0.15) is 18.5 Å². The van der Waals surface area contributed by atoms with E-state index in [1.54, 1.807) is 0 Å². The second-order valence-electron chi connectivity index (χ2n) is 3.92. The maximum Gasteiger partial charge on any atom is 0.0449 e. The molecule has 1 N–H and O–H groups in total. The van der Waals surface area contributed by atoms with Crippen LogP contribution in [0.15, 0.2) is 24.3 Å². The Morgan fingerprint density at radius 3 is 2.33 bits per heavy atom. The minimum Gasteiger partial charge on any atom is -0.309 e. The highest BCUT2D eigenvalue weighted by molar-refractivity contribution is 6.30. The lowest BCUT2D eigenvalue weighted by Gasteiger charge is -2.22. The number of hydrogen-bond donors (Lipinski definition) is 1. The van der Waals surface area contributed by atoms with E-state index in [2.05, 4.69) is 43.4 Å². The number of nitrogens with one attached hydrogen (secondary N) is 1. The van der Waals surface area contributed by atoms with Crippen LogP contribution in [-0.4, -0.2) is 32.1 Å². The van der Waals surface area contributed by atoms with Gasteiger partial charge in [0, 0.05) is 17.6 Å². The van der Waals surface area contributed by atoms with Gasteiger partial charge < -0.3 is 10.2 Å². The molecule has 0 aliphatic rings. The van der Waals surface area contributed by atoms with E-state index in [1.807, 2.05) is 12.1 Å². The van der Waals surface area contributed by atoms with Gasteiger partial charge in [0.15, 0.2) is 0 Å². The highest BCUT2D eigenvalue weighted by atomic mass is 35.5. The molecule has 0 aliphatic carbocycles. The normalized spacial score (nSPS) is 13.1. The van der Waals surface area contributed by atoms with Crippen LogP contribution in [0.2, 0.25) is 5.02 Å². The van der Waals surface area contributed by atoms with Crippen molar-refractivity contribution in [2.24, 2.45) is 0 Å². The molecule has 0 spiro atoms. The molecule has 0 saturated heterocycles. The van der Waals surface area contributed by atoms with Gasteiger partial charge in [0.2, 0.25) is 0 Å². The van der Waals surface area contributed by atoms with Crippen LogP contribution in [0.5, 0.6) is 0 Å². The summed E-state index contributed by atoms with van der Waals surface area (Å²) in [5.74, 6) is 0. The Morgan fingerprint density at radius 1 is 1.27 bits per heavy atom. The number of hydrogen-bond acceptors (Lipinski definition) is 2. The molecule has 3 heteroatoms. The molecular weight excluding hydrogens is 208 g/mol. The first-order valence-electron chi connectivity index (χ1n) is 5.27. The third-order valence-corrected chi connectivity index (χ3v) is 2.52. The minimum absolute atomic E-state index is 0.377. The molecule has 84 valence electrons. The smallest absolute Gasteiger partial charge is 0.0449 e. The van der Waals surface area contributed by atoms with Gasteiger partial charge in [-0.3, -0.25) is 0 Å². The summed E-state index contributed by atoms with van der Waals surface area (Å²) >= 11 is 5.87. The Bertz CT molecular complexity index is 282. The molecule has 0 heterocycles. The van der Waals surface area contributed by atoms with Gasteiger partial charge in [-0.1, -0.05) is 30.7 Å². The molecule has 1 unspecified atom stereocenters. The van der Waals surface area contributed by atoms with Crippen molar-refractivity contribution in [1.82, 2.24) is 10.2 Å². The highest BCUT2D eigenvalue weighted by Gasteiger charge is 2.10. The predicted octanol–water partition coefficient (Wildman–Crippen LogP) is 2.55. The Hall–Kier alpha value is -0.570. The third kappa shape index (κ3) is 4.20. The molecule has 0 amide bonds. The van der Waals surface area contributed by atoms with Gasteiger partial charge in [-0.05, 0) is 38.3 Å². The van der Waals surface area contributed by atoms with E-state index < -0.39 is 0 Å². The summed E-state index contributed by atoms with van der Waals surface area (Å²) in [6.45, 7) is 4.09. The number of rotatable bonds is 5. The molecule has 15 heavy (non-hydrogen) atoms. The van der Waals surface area contributed by atoms with E-state index in [1.165, 1.54) is 5.56 Å². The topological polar surface area (TPSA) is 15.3 Å². The zero-order chi connectivity index (χ0) is 11.3. The lowest BCUT2D eigenvalue weighted by atomic mass is 10.1. The van der Waals surface area contributed by atoms with Crippen molar-refractivity contribution in [3.05, 3.63) is 34.9 Å². The van der Waals surface area contributed by atoms with Crippen molar-refractivity contribution in [2.45, 2.75) is 13.0 Å². The van der Waals surface area contributed by atoms with Gasteiger partial charge in [-0.15, -0.1) is 0 Å². The van der Waals surface area contributed by atoms with Gasteiger partial charge in [-0.25, -0.2) is 0 Å². The van der Waals surface area contributed by atoms with E-state index in [9.17, 15) is 0 Å². The molecule has 0 aromatic heterocycles. The largest absolute Gasteiger partial charge is 0.309 e. The van der Waals surface area contributed by atoms with Crippen LogP contribution in [-0.2, 0) is 0 Å². The zero-order valence-electron chi connectivity index (χ0n) is 9.63. The van der Waals surface area contributed by atoms with Crippen LogP contribution in [0.25, 0.3) is 0 Å². The Labute approximate surface area is 97.2 Å². The Morgan fingerprint density at radius 2 is 1.87 bits per heavy atom. The first-order valence-corrected chi connectivity index (χ1v) is 5.65. The van der Waals surface area contributed by atoms with Gasteiger partial charge in [0.25, 0.3) is 0 Å². The fraction of sp³-hybridized carbons (Fsp3) is 0.500. The summed E-state index contributed by atoms with van der Waals surface area (Å²) in [4.78, 5) is 2.18. The van der Waals surface area contributed by atoms with E-state index in [-0.39, 0.29) is 0 Å². The summed E-state index contributed by atoms with van der Waals surface area (Å²) in [5.41, 5.74) is 1.29. The monoisotopic (exact) mass is 226 g/mol. The lowest BCUT2D eigenvalue weighted by molar-refractivity contribution is 0.345. The summed E-state index contributed by atoms with van der Waals surface area (Å²) in [6.07, 6.45) is 0. The number of nitrogens with zero attached hydrogens (tertiary/aromatic N) is 1. The maximum absolute atomic E-state index is 5.87. The highest BCUT2D eigenvalue weighted by Crippen LogP contribution is 2.16. The Balaban J connectivity index is 2.74. The van der Waals surface area contributed by atoms with Gasteiger partial charge in [0.1, 0.15) is 0 Å². The summed E-state index contributed by atoms with van der Waals surface area (Å²) in [5, 5.41) is 4.26. The molecule has 0 aliphatic heterocycles. The van der Waals surface area contributed by atoms with E-state index >= 15 is 0 Å². The molecule has 1 aromatic rings. The molecule has 1 aromatic carbocycles. The summed E-state index contributed by atoms with van der Waals surface area (Å²) in [7, 11) is 4.17. The average Bonchev–Trinajstić information content (AvgIpc) is 2.17. The molecule has 0 radical (unpaired) electrons. The van der Waals surface area contributed by atoms with E-state index in [0.717, 1.165) is 18.1 Å². The molecular formula is C12H19ClN2. The molecule has 0 bridgehead atoms. The summed E-state index contributed by atoms with van der Waals surface area (Å²) in [6, 6.07) is 8.42. The Kier molecular flexibility index (Phi) is 5.09. The SMILES string of the molecule is CCNC(CN(C)C)c1ccc(Cl)cc1. The van der Waals surface area contributed by atoms with Crippen LogP contribution >= 0.6 is 11.6 Å². The van der Waals surface area contributed by atoms with E-state index in [0.29, 0.717) is 6.04 Å². The molecule has 2 nitrogen and oxygen atoms in total. The standard InChI is InChI=1S/C12H19ClN2/c1-4-14-12(9-15(2)3)10-5-7-11(13)8-6-10/h5-8,12,14H,4,9H2,1-3H3. The van der Waals surface area contributed by atoms with Gasteiger partial charge >= 0.3 is 0 Å². The van der Waals surface area contributed by atoms with Crippen molar-refractivity contribution in [3.63, 3.8) is 0 Å². The molecule has 1 atom stereocenters. The number of benzene rings is 1. The van der Waals surface area contributed by atoms with Crippen molar-refractivity contribution in [2.75, 3.05) is 27.2 Å². The maximum atomic E-state index is 5.87. The lowest BCUT2D eigenvalue weighted by Crippen LogP contribution is -2.30. The minimum atomic E-state index is 0.377. The van der Waals surface area contributed by atoms with Crippen LogP contribution in [0.4, 0.5) is 0 Å². The van der Waals surface area contributed by atoms with Gasteiger partial charge in [0.05, 0.1) is 0 Å². The van der Waals surface area contributed by atoms with Crippen LogP contribution in [0, 0.1) is 0 Å². The van der Waals surface area contributed by atoms with Crippen molar-refractivity contribution >= 4 is 11.6 Å². The third-order valence-electron chi connectivity index (χ3n) is 2.27. The second-order valence-corrected chi connectivity index (χ2v) is 4.36. The van der Waals surface area contributed by atoms with Crippen molar-refractivity contribution in [3.8, 4) is 0 Å². The quantitative estimate of drug-likeness (QED) is 0.830. The zero-order valence-corrected chi connectivity index (χ0v) is 10.4. The van der Waals surface area contributed by atoms with Crippen molar-refractivity contribution < 1.29 is 0 Å². The molecule has 0 saturated carbocycles. The first-order chi connectivity index (χ1) is 7.13. The average molecular weight is 227 g/mol. The summed E-state index contributed by atoms with van der Waals surface area (Å²) < 4.78 is 0. The number of halogens is 1. The van der Waals surface area contributed by atoms with Crippen LogP contribution in [0.3, 0.4) is 0 Å².